The van der Waals surface area contributed by atoms with Gasteiger partial charge in [-0.2, -0.15) is 18.4 Å². The first-order valence-electron chi connectivity index (χ1n) is 4.31. The van der Waals surface area contributed by atoms with Crippen molar-refractivity contribution in [3.8, 4) is 6.07 Å². The number of rotatable bonds is 2. The lowest BCUT2D eigenvalue weighted by Gasteiger charge is -2.21. The van der Waals surface area contributed by atoms with Crippen LogP contribution < -0.4 is 4.90 Å². The molecule has 0 unspecified atom stereocenters. The highest BCUT2D eigenvalue weighted by Crippen LogP contribution is 2.25. The number of hydrogen-bond acceptors (Lipinski definition) is 2. The first kappa shape index (κ1) is 12.8. The Balaban J connectivity index is 2.90. The summed E-state index contributed by atoms with van der Waals surface area (Å²) >= 11 is 3.12. The Kier molecular flexibility index (Phi) is 3.81. The number of anilines is 1. The van der Waals surface area contributed by atoms with Gasteiger partial charge in [-0.25, -0.2) is 0 Å². The van der Waals surface area contributed by atoms with Crippen molar-refractivity contribution in [1.82, 2.24) is 0 Å². The molecule has 2 nitrogen and oxygen atoms in total. The molecule has 0 fully saturated rings. The van der Waals surface area contributed by atoms with Crippen LogP contribution in [-0.2, 0) is 0 Å². The smallest absolute Gasteiger partial charge is 0.366 e. The number of alkyl halides is 3. The second-order valence-corrected chi connectivity index (χ2v) is 4.10. The summed E-state index contributed by atoms with van der Waals surface area (Å²) in [6.45, 7) is -1.02. The largest absolute Gasteiger partial charge is 0.405 e. The molecule has 0 aliphatic heterocycles. The van der Waals surface area contributed by atoms with Crippen LogP contribution >= 0.6 is 15.9 Å². The fourth-order valence-corrected chi connectivity index (χ4v) is 1.65. The zero-order chi connectivity index (χ0) is 12.3. The van der Waals surface area contributed by atoms with Crippen LogP contribution in [0.25, 0.3) is 0 Å². The van der Waals surface area contributed by atoms with E-state index in [9.17, 15) is 13.2 Å². The Labute approximate surface area is 99.4 Å². The Bertz CT molecular complexity index is 423. The van der Waals surface area contributed by atoms with Crippen LogP contribution in [0.1, 0.15) is 5.56 Å². The summed E-state index contributed by atoms with van der Waals surface area (Å²) in [5, 5.41) is 8.66. The molecule has 0 aliphatic rings. The van der Waals surface area contributed by atoms with Gasteiger partial charge in [0.2, 0.25) is 0 Å². The zero-order valence-corrected chi connectivity index (χ0v) is 9.93. The Morgan fingerprint density at radius 1 is 1.44 bits per heavy atom. The topological polar surface area (TPSA) is 27.0 Å². The predicted molar refractivity (Wildman–Crippen MR) is 58.2 cm³/mol. The minimum atomic E-state index is -4.24. The third-order valence-corrected chi connectivity index (χ3v) is 2.59. The average molecular weight is 293 g/mol. The molecule has 86 valence electrons. The zero-order valence-electron chi connectivity index (χ0n) is 8.35. The maximum absolute atomic E-state index is 12.1. The van der Waals surface area contributed by atoms with Crippen LogP contribution in [0, 0.1) is 11.3 Å². The molecule has 0 radical (unpaired) electrons. The van der Waals surface area contributed by atoms with E-state index in [2.05, 4.69) is 15.9 Å². The average Bonchev–Trinajstić information content (AvgIpc) is 2.15. The van der Waals surface area contributed by atoms with E-state index >= 15 is 0 Å². The third kappa shape index (κ3) is 3.42. The minimum Gasteiger partial charge on any atom is -0.366 e. The van der Waals surface area contributed by atoms with Crippen molar-refractivity contribution < 1.29 is 13.2 Å². The normalized spacial score (nSPS) is 11.0. The van der Waals surface area contributed by atoms with Crippen molar-refractivity contribution in [1.29, 1.82) is 5.26 Å². The quantitative estimate of drug-likeness (QED) is 0.836. The first-order valence-corrected chi connectivity index (χ1v) is 5.10. The lowest BCUT2D eigenvalue weighted by atomic mass is 10.2. The summed E-state index contributed by atoms with van der Waals surface area (Å²) in [7, 11) is 1.35. The lowest BCUT2D eigenvalue weighted by molar-refractivity contribution is -0.119. The third-order valence-electron chi connectivity index (χ3n) is 1.93. The summed E-state index contributed by atoms with van der Waals surface area (Å²) in [6, 6.07) is 6.37. The molecular formula is C10H8BrF3N2. The van der Waals surface area contributed by atoms with E-state index in [0.29, 0.717) is 15.7 Å². The molecule has 0 bridgehead atoms. The number of benzene rings is 1. The molecule has 0 saturated carbocycles. The minimum absolute atomic E-state index is 0.393. The standard InChI is InChI=1S/C10H8BrF3N2/c1-16(6-10(12,13)14)8-3-2-7(5-15)9(11)4-8/h2-4H,6H2,1H3. The van der Waals surface area contributed by atoms with Crippen molar-refractivity contribution in [2.45, 2.75) is 6.18 Å². The fraction of sp³-hybridized carbons (Fsp3) is 0.300. The fourth-order valence-electron chi connectivity index (χ4n) is 1.19. The van der Waals surface area contributed by atoms with Crippen LogP contribution in [0.2, 0.25) is 0 Å². The molecule has 0 amide bonds. The first-order chi connectivity index (χ1) is 7.33. The van der Waals surface area contributed by atoms with Gasteiger partial charge in [-0.1, -0.05) is 0 Å². The van der Waals surface area contributed by atoms with Gasteiger partial charge >= 0.3 is 6.18 Å². The van der Waals surface area contributed by atoms with E-state index < -0.39 is 12.7 Å². The number of nitrogens with zero attached hydrogens (tertiary/aromatic N) is 2. The molecule has 0 aromatic heterocycles. The highest BCUT2D eigenvalue weighted by atomic mass is 79.9. The second kappa shape index (κ2) is 4.74. The Hall–Kier alpha value is -1.22. The van der Waals surface area contributed by atoms with E-state index in [4.69, 9.17) is 5.26 Å². The van der Waals surface area contributed by atoms with Crippen LogP contribution in [0.5, 0.6) is 0 Å². The van der Waals surface area contributed by atoms with Gasteiger partial charge in [-0.15, -0.1) is 0 Å². The second-order valence-electron chi connectivity index (χ2n) is 3.25. The van der Waals surface area contributed by atoms with Gasteiger partial charge in [-0.3, -0.25) is 0 Å². The SMILES string of the molecule is CN(CC(F)(F)F)c1ccc(C#N)c(Br)c1. The summed E-state index contributed by atoms with van der Waals surface area (Å²) < 4.78 is 36.9. The molecule has 0 heterocycles. The molecule has 6 heteroatoms. The molecule has 0 saturated heterocycles. The van der Waals surface area contributed by atoms with Gasteiger partial charge in [0, 0.05) is 17.2 Å². The van der Waals surface area contributed by atoms with E-state index in [-0.39, 0.29) is 0 Å². The van der Waals surface area contributed by atoms with E-state index in [1.54, 1.807) is 0 Å². The highest BCUT2D eigenvalue weighted by Gasteiger charge is 2.29. The maximum atomic E-state index is 12.1. The number of halogens is 4. The molecule has 0 aliphatic carbocycles. The summed E-state index contributed by atoms with van der Waals surface area (Å²) in [5.74, 6) is 0. The molecular weight excluding hydrogens is 285 g/mol. The number of nitriles is 1. The highest BCUT2D eigenvalue weighted by molar-refractivity contribution is 9.10. The molecule has 0 N–H and O–H groups in total. The molecule has 0 spiro atoms. The van der Waals surface area contributed by atoms with Crippen molar-refractivity contribution in [2.24, 2.45) is 0 Å². The van der Waals surface area contributed by atoms with Gasteiger partial charge < -0.3 is 4.90 Å². The van der Waals surface area contributed by atoms with E-state index in [0.717, 1.165) is 4.90 Å². The van der Waals surface area contributed by atoms with Gasteiger partial charge in [0.05, 0.1) is 5.56 Å². The molecule has 16 heavy (non-hydrogen) atoms. The van der Waals surface area contributed by atoms with Crippen LogP contribution in [0.15, 0.2) is 22.7 Å². The molecule has 1 rings (SSSR count). The number of hydrogen-bond donors (Lipinski definition) is 0. The molecule has 1 aromatic rings. The Morgan fingerprint density at radius 3 is 2.50 bits per heavy atom. The van der Waals surface area contributed by atoms with Gasteiger partial charge in [0.15, 0.2) is 0 Å². The molecule has 0 atom stereocenters. The lowest BCUT2D eigenvalue weighted by Crippen LogP contribution is -2.30. The van der Waals surface area contributed by atoms with Crippen molar-refractivity contribution in [3.63, 3.8) is 0 Å². The van der Waals surface area contributed by atoms with Gasteiger partial charge in [0.1, 0.15) is 12.6 Å². The van der Waals surface area contributed by atoms with Crippen LogP contribution in [0.4, 0.5) is 18.9 Å². The predicted octanol–water partition coefficient (Wildman–Crippen LogP) is 3.32. The maximum Gasteiger partial charge on any atom is 0.405 e. The van der Waals surface area contributed by atoms with Crippen molar-refractivity contribution >= 4 is 21.6 Å². The summed E-state index contributed by atoms with van der Waals surface area (Å²) in [4.78, 5) is 1.08. The van der Waals surface area contributed by atoms with Crippen molar-refractivity contribution in [3.05, 3.63) is 28.2 Å². The van der Waals surface area contributed by atoms with E-state index in [1.165, 1.54) is 25.2 Å². The van der Waals surface area contributed by atoms with Gasteiger partial charge in [0.25, 0.3) is 0 Å². The summed E-state index contributed by atoms with van der Waals surface area (Å²) in [6.07, 6.45) is -4.24. The monoisotopic (exact) mass is 292 g/mol. The van der Waals surface area contributed by atoms with Crippen molar-refractivity contribution in [2.75, 3.05) is 18.5 Å². The van der Waals surface area contributed by atoms with Crippen LogP contribution in [-0.4, -0.2) is 19.8 Å². The Morgan fingerprint density at radius 2 is 2.06 bits per heavy atom. The van der Waals surface area contributed by atoms with Crippen LogP contribution in [0.3, 0.4) is 0 Å². The summed E-state index contributed by atoms with van der Waals surface area (Å²) in [5.41, 5.74) is 0.798. The molecule has 1 aromatic carbocycles. The van der Waals surface area contributed by atoms with E-state index in [1.807, 2.05) is 6.07 Å². The van der Waals surface area contributed by atoms with Gasteiger partial charge in [-0.05, 0) is 34.1 Å².